The quantitative estimate of drug-likeness (QED) is 0.256. The van der Waals surface area contributed by atoms with Crippen molar-refractivity contribution in [2.24, 2.45) is 0 Å². The lowest BCUT2D eigenvalue weighted by atomic mass is 9.98. The Morgan fingerprint density at radius 2 is 1.63 bits per heavy atom. The predicted octanol–water partition coefficient (Wildman–Crippen LogP) is 6.59. The van der Waals surface area contributed by atoms with E-state index in [1.54, 1.807) is 39.5 Å². The van der Waals surface area contributed by atoms with E-state index in [0.29, 0.717) is 62.8 Å². The van der Waals surface area contributed by atoms with Crippen molar-refractivity contribution in [1.29, 1.82) is 0 Å². The third-order valence-corrected chi connectivity index (χ3v) is 5.57. The molecule has 1 heterocycles. The molecule has 184 valence electrons. The van der Waals surface area contributed by atoms with Gasteiger partial charge in [0.1, 0.15) is 34.1 Å². The molecule has 0 saturated carbocycles. The predicted molar refractivity (Wildman–Crippen MR) is 141 cm³/mol. The van der Waals surface area contributed by atoms with Crippen LogP contribution in [0.5, 0.6) is 23.0 Å². The van der Waals surface area contributed by atoms with Crippen LogP contribution in [-0.2, 0) is 6.42 Å². The topological polar surface area (TPSA) is 67.1 Å². The Morgan fingerprint density at radius 3 is 2.20 bits per heavy atom. The van der Waals surface area contributed by atoms with E-state index in [1.165, 1.54) is 7.11 Å². The van der Waals surface area contributed by atoms with E-state index in [4.69, 9.17) is 23.4 Å². The molecule has 1 aromatic heterocycles. The Morgan fingerprint density at radius 1 is 0.943 bits per heavy atom. The van der Waals surface area contributed by atoms with E-state index in [9.17, 15) is 4.79 Å². The summed E-state index contributed by atoms with van der Waals surface area (Å²) in [6.07, 6.45) is 6.05. The highest BCUT2D eigenvalue weighted by Gasteiger charge is 2.24. The lowest BCUT2D eigenvalue weighted by Gasteiger charge is -2.17. The van der Waals surface area contributed by atoms with Crippen LogP contribution < -0.4 is 24.4 Å². The van der Waals surface area contributed by atoms with Crippen molar-refractivity contribution in [2.45, 2.75) is 27.2 Å². The fourth-order valence-corrected chi connectivity index (χ4v) is 3.77. The monoisotopic (exact) mass is 476 g/mol. The summed E-state index contributed by atoms with van der Waals surface area (Å²) < 4.78 is 28.8. The molecule has 0 amide bonds. The number of rotatable bonds is 9. The molecular weight excluding hydrogens is 444 g/mol. The zero-order valence-electron chi connectivity index (χ0n) is 21.4. The number of benzene rings is 2. The Labute approximate surface area is 206 Å². The van der Waals surface area contributed by atoms with Crippen molar-refractivity contribution in [3.05, 3.63) is 75.5 Å². The van der Waals surface area contributed by atoms with Gasteiger partial charge in [-0.2, -0.15) is 0 Å². The number of allylic oxidation sites excluding steroid dienone is 4. The highest BCUT2D eigenvalue weighted by molar-refractivity contribution is 5.95. The van der Waals surface area contributed by atoms with Crippen LogP contribution in [0.15, 0.2) is 63.4 Å². The molecule has 6 heteroatoms. The van der Waals surface area contributed by atoms with Crippen LogP contribution in [0.4, 0.5) is 0 Å². The molecule has 3 aromatic rings. The van der Waals surface area contributed by atoms with E-state index in [0.717, 1.165) is 11.1 Å². The van der Waals surface area contributed by atoms with Crippen molar-refractivity contribution in [3.63, 3.8) is 0 Å². The highest BCUT2D eigenvalue weighted by atomic mass is 16.5. The average molecular weight is 477 g/mol. The Kier molecular flexibility index (Phi) is 8.07. The Hall–Kier alpha value is -3.93. The van der Waals surface area contributed by atoms with Gasteiger partial charge in [-0.1, -0.05) is 29.9 Å². The summed E-state index contributed by atoms with van der Waals surface area (Å²) in [7, 11) is 6.24. The van der Waals surface area contributed by atoms with Gasteiger partial charge >= 0.3 is 0 Å². The van der Waals surface area contributed by atoms with Crippen molar-refractivity contribution in [1.82, 2.24) is 0 Å². The maximum absolute atomic E-state index is 14.0. The summed E-state index contributed by atoms with van der Waals surface area (Å²) >= 11 is 0. The number of ether oxygens (including phenoxy) is 4. The maximum atomic E-state index is 14.0. The van der Waals surface area contributed by atoms with Gasteiger partial charge in [0, 0.05) is 17.7 Å². The van der Waals surface area contributed by atoms with Gasteiger partial charge in [0.05, 0.1) is 39.6 Å². The standard InChI is InChI=1S/C29H32O6/c1-17(2)9-12-21-24(33-7)16-25(34-8)26-27(30)22(13-10-18(3)4)28(35-29(21)26)20-14-11-19(31-5)15-23(20)32-6/h9-12,14-16H,1,13H2,2-8H3/b12-9+. The summed E-state index contributed by atoms with van der Waals surface area (Å²) in [5.41, 5.74) is 3.87. The molecule has 3 rings (SSSR count). The van der Waals surface area contributed by atoms with Crippen molar-refractivity contribution < 1.29 is 23.4 Å². The van der Waals surface area contributed by atoms with Crippen LogP contribution in [0, 0.1) is 0 Å². The smallest absolute Gasteiger partial charge is 0.200 e. The van der Waals surface area contributed by atoms with Crippen LogP contribution in [0.3, 0.4) is 0 Å². The number of methoxy groups -OCH3 is 4. The molecule has 0 spiro atoms. The first-order valence-corrected chi connectivity index (χ1v) is 11.2. The normalized spacial score (nSPS) is 10.9. The lowest BCUT2D eigenvalue weighted by molar-refractivity contribution is 0.393. The molecule has 0 aliphatic carbocycles. The van der Waals surface area contributed by atoms with Crippen LogP contribution >= 0.6 is 0 Å². The first-order valence-electron chi connectivity index (χ1n) is 11.2. The van der Waals surface area contributed by atoms with Gasteiger partial charge in [0.15, 0.2) is 5.58 Å². The van der Waals surface area contributed by atoms with Gasteiger partial charge in [0.25, 0.3) is 0 Å². The van der Waals surface area contributed by atoms with E-state index in [2.05, 4.69) is 6.58 Å². The number of fused-ring (bicyclic) bond motifs is 1. The second kappa shape index (κ2) is 11.0. The molecule has 35 heavy (non-hydrogen) atoms. The van der Waals surface area contributed by atoms with Gasteiger partial charge in [0.2, 0.25) is 5.43 Å². The Bertz CT molecular complexity index is 1370. The average Bonchev–Trinajstić information content (AvgIpc) is 2.85. The molecular formula is C29H32O6. The summed E-state index contributed by atoms with van der Waals surface area (Å²) in [4.78, 5) is 14.0. The first kappa shape index (κ1) is 25.7. The van der Waals surface area contributed by atoms with Gasteiger partial charge < -0.3 is 23.4 Å². The van der Waals surface area contributed by atoms with E-state index >= 15 is 0 Å². The summed E-state index contributed by atoms with van der Waals surface area (Å²) in [5, 5.41) is 0.350. The van der Waals surface area contributed by atoms with E-state index < -0.39 is 0 Å². The zero-order valence-corrected chi connectivity index (χ0v) is 21.4. The molecule has 0 bridgehead atoms. The molecule has 0 fully saturated rings. The molecule has 0 aliphatic heterocycles. The van der Waals surface area contributed by atoms with Gasteiger partial charge in [-0.15, -0.1) is 0 Å². The largest absolute Gasteiger partial charge is 0.497 e. The molecule has 0 N–H and O–H groups in total. The first-order chi connectivity index (χ1) is 16.7. The van der Waals surface area contributed by atoms with Crippen LogP contribution in [0.2, 0.25) is 0 Å². The maximum Gasteiger partial charge on any atom is 0.200 e. The fourth-order valence-electron chi connectivity index (χ4n) is 3.77. The minimum Gasteiger partial charge on any atom is -0.497 e. The molecule has 0 radical (unpaired) electrons. The Balaban J connectivity index is 2.54. The van der Waals surface area contributed by atoms with Gasteiger partial charge in [-0.25, -0.2) is 0 Å². The molecule has 6 nitrogen and oxygen atoms in total. The second-order valence-electron chi connectivity index (χ2n) is 8.37. The SMILES string of the molecule is C=C(C)/C=C/c1c(OC)cc(OC)c2c(=O)c(CC=C(C)C)c(-c3ccc(OC)cc3OC)oc12. The molecule has 0 aliphatic rings. The third-order valence-electron chi connectivity index (χ3n) is 5.57. The lowest BCUT2D eigenvalue weighted by Crippen LogP contribution is -2.13. The zero-order chi connectivity index (χ0) is 25.7. The fraction of sp³-hybridized carbons (Fsp3) is 0.276. The minimum absolute atomic E-state index is 0.180. The van der Waals surface area contributed by atoms with Crippen molar-refractivity contribution in [3.8, 4) is 34.3 Å². The van der Waals surface area contributed by atoms with Crippen LogP contribution in [0.25, 0.3) is 28.4 Å². The van der Waals surface area contributed by atoms with Gasteiger partial charge in [-0.3, -0.25) is 4.79 Å². The summed E-state index contributed by atoms with van der Waals surface area (Å²) in [6, 6.07) is 7.10. The second-order valence-corrected chi connectivity index (χ2v) is 8.37. The van der Waals surface area contributed by atoms with Crippen LogP contribution in [-0.4, -0.2) is 28.4 Å². The minimum atomic E-state index is -0.180. The summed E-state index contributed by atoms with van der Waals surface area (Å²) in [6.45, 7) is 9.80. The molecule has 0 atom stereocenters. The van der Waals surface area contributed by atoms with Gasteiger partial charge in [-0.05, 0) is 45.4 Å². The number of hydrogen-bond donors (Lipinski definition) is 0. The van der Waals surface area contributed by atoms with E-state index in [-0.39, 0.29) is 5.43 Å². The third kappa shape index (κ3) is 5.27. The van der Waals surface area contributed by atoms with Crippen molar-refractivity contribution in [2.75, 3.05) is 28.4 Å². The summed E-state index contributed by atoms with van der Waals surface area (Å²) in [5.74, 6) is 2.47. The number of hydrogen-bond acceptors (Lipinski definition) is 6. The van der Waals surface area contributed by atoms with E-state index in [1.807, 2.05) is 45.1 Å². The molecule has 2 aromatic carbocycles. The molecule has 0 saturated heterocycles. The van der Waals surface area contributed by atoms with Crippen LogP contribution in [0.1, 0.15) is 31.9 Å². The van der Waals surface area contributed by atoms with Crippen molar-refractivity contribution >= 4 is 17.0 Å². The molecule has 0 unspecified atom stereocenters. The highest BCUT2D eigenvalue weighted by Crippen LogP contribution is 2.41.